The van der Waals surface area contributed by atoms with Gasteiger partial charge in [0.1, 0.15) is 5.75 Å². The van der Waals surface area contributed by atoms with E-state index in [-0.39, 0.29) is 17.9 Å². The van der Waals surface area contributed by atoms with Gasteiger partial charge in [-0.05, 0) is 26.0 Å². The van der Waals surface area contributed by atoms with Gasteiger partial charge >= 0.3 is 0 Å². The summed E-state index contributed by atoms with van der Waals surface area (Å²) in [7, 11) is -1.17. The first-order valence-electron chi connectivity index (χ1n) is 5.98. The molecule has 0 bridgehead atoms. The predicted octanol–water partition coefficient (Wildman–Crippen LogP) is 2.17. The highest BCUT2D eigenvalue weighted by molar-refractivity contribution is 7.85. The van der Waals surface area contributed by atoms with Crippen molar-refractivity contribution in [1.29, 1.82) is 0 Å². The van der Waals surface area contributed by atoms with Crippen molar-refractivity contribution in [2.75, 3.05) is 11.1 Å². The molecule has 0 aliphatic carbocycles. The third-order valence-corrected chi connectivity index (χ3v) is 4.33. The summed E-state index contributed by atoms with van der Waals surface area (Å²) in [6.07, 6.45) is 0.00233. The standard InChI is InChI=1S/C13H17NO3S/c1-8(2)17-10-5-4-6-11-12(10)14-13(15)9(3)7-18(11)16/h4-6,8-9H,7H2,1-3H3,(H,14,15). The number of hydrogen-bond acceptors (Lipinski definition) is 3. The molecule has 0 spiro atoms. The van der Waals surface area contributed by atoms with E-state index >= 15 is 0 Å². The van der Waals surface area contributed by atoms with Crippen LogP contribution in [0.25, 0.3) is 0 Å². The Morgan fingerprint density at radius 3 is 2.83 bits per heavy atom. The predicted molar refractivity (Wildman–Crippen MR) is 71.3 cm³/mol. The van der Waals surface area contributed by atoms with Gasteiger partial charge in [0.2, 0.25) is 5.91 Å². The van der Waals surface area contributed by atoms with Crippen LogP contribution in [0.3, 0.4) is 0 Å². The number of hydrogen-bond donors (Lipinski definition) is 1. The summed E-state index contributed by atoms with van der Waals surface area (Å²) in [5.74, 6) is 0.564. The van der Waals surface area contributed by atoms with E-state index in [0.717, 1.165) is 0 Å². The van der Waals surface area contributed by atoms with Crippen molar-refractivity contribution in [3.8, 4) is 5.75 Å². The van der Waals surface area contributed by atoms with Crippen LogP contribution in [-0.2, 0) is 15.6 Å². The lowest BCUT2D eigenvalue weighted by Gasteiger charge is -2.15. The summed E-state index contributed by atoms with van der Waals surface area (Å²) in [6.45, 7) is 5.61. The number of benzene rings is 1. The first kappa shape index (κ1) is 13.1. The minimum atomic E-state index is -1.17. The van der Waals surface area contributed by atoms with E-state index in [1.54, 1.807) is 25.1 Å². The molecule has 1 aliphatic rings. The van der Waals surface area contributed by atoms with Gasteiger partial charge in [0.25, 0.3) is 0 Å². The average Bonchev–Trinajstić information content (AvgIpc) is 2.39. The maximum absolute atomic E-state index is 12.2. The van der Waals surface area contributed by atoms with Gasteiger partial charge in [0.05, 0.1) is 27.5 Å². The van der Waals surface area contributed by atoms with E-state index in [4.69, 9.17) is 4.74 Å². The number of carbonyl (C=O) groups excluding carboxylic acids is 1. The Labute approximate surface area is 109 Å². The van der Waals surface area contributed by atoms with Crippen molar-refractivity contribution in [3.05, 3.63) is 18.2 Å². The molecule has 4 nitrogen and oxygen atoms in total. The second-order valence-corrected chi connectivity index (χ2v) is 6.16. The zero-order valence-electron chi connectivity index (χ0n) is 10.7. The van der Waals surface area contributed by atoms with Crippen molar-refractivity contribution < 1.29 is 13.7 Å². The molecule has 2 unspecified atom stereocenters. The topological polar surface area (TPSA) is 55.4 Å². The first-order chi connectivity index (χ1) is 8.49. The molecular weight excluding hydrogens is 250 g/mol. The molecule has 1 aliphatic heterocycles. The summed E-state index contributed by atoms with van der Waals surface area (Å²) < 4.78 is 17.8. The zero-order chi connectivity index (χ0) is 13.3. The van der Waals surface area contributed by atoms with Crippen LogP contribution in [0, 0.1) is 5.92 Å². The monoisotopic (exact) mass is 267 g/mol. The quantitative estimate of drug-likeness (QED) is 0.893. The van der Waals surface area contributed by atoms with Crippen LogP contribution < -0.4 is 10.1 Å². The summed E-state index contributed by atoms with van der Waals surface area (Å²) in [5.41, 5.74) is 0.555. The Bertz CT molecular complexity index is 499. The molecular formula is C13H17NO3S. The number of para-hydroxylation sites is 1. The molecule has 1 N–H and O–H groups in total. The lowest BCUT2D eigenvalue weighted by Crippen LogP contribution is -2.21. The number of amides is 1. The lowest BCUT2D eigenvalue weighted by molar-refractivity contribution is -0.118. The Balaban J connectivity index is 2.47. The highest BCUT2D eigenvalue weighted by Crippen LogP contribution is 2.34. The molecule has 0 fully saturated rings. The minimum absolute atomic E-state index is 0.00233. The van der Waals surface area contributed by atoms with Crippen molar-refractivity contribution >= 4 is 22.4 Å². The fourth-order valence-corrected chi connectivity index (χ4v) is 3.21. The van der Waals surface area contributed by atoms with Crippen molar-refractivity contribution in [2.24, 2.45) is 5.92 Å². The molecule has 0 saturated carbocycles. The van der Waals surface area contributed by atoms with Crippen LogP contribution in [0.2, 0.25) is 0 Å². The van der Waals surface area contributed by atoms with Crippen LogP contribution in [0.15, 0.2) is 23.1 Å². The Morgan fingerprint density at radius 1 is 1.44 bits per heavy atom. The van der Waals surface area contributed by atoms with Gasteiger partial charge in [-0.2, -0.15) is 0 Å². The lowest BCUT2D eigenvalue weighted by atomic mass is 10.2. The summed E-state index contributed by atoms with van der Waals surface area (Å²) in [6, 6.07) is 5.36. The van der Waals surface area contributed by atoms with E-state index in [0.29, 0.717) is 22.1 Å². The average molecular weight is 267 g/mol. The molecule has 0 aromatic heterocycles. The van der Waals surface area contributed by atoms with E-state index in [2.05, 4.69) is 5.32 Å². The van der Waals surface area contributed by atoms with Crippen LogP contribution in [0.1, 0.15) is 20.8 Å². The van der Waals surface area contributed by atoms with Crippen molar-refractivity contribution in [2.45, 2.75) is 31.8 Å². The highest BCUT2D eigenvalue weighted by atomic mass is 32.2. The third kappa shape index (κ3) is 2.56. The number of ether oxygens (including phenoxy) is 1. The van der Waals surface area contributed by atoms with E-state index in [9.17, 15) is 9.00 Å². The molecule has 1 heterocycles. The molecule has 2 rings (SSSR count). The Hall–Kier alpha value is -1.36. The molecule has 2 atom stereocenters. The van der Waals surface area contributed by atoms with Crippen LogP contribution in [0.5, 0.6) is 5.75 Å². The van der Waals surface area contributed by atoms with Gasteiger partial charge in [-0.1, -0.05) is 13.0 Å². The zero-order valence-corrected chi connectivity index (χ0v) is 11.5. The SMILES string of the molecule is CC(C)Oc1cccc2c1NC(=O)C(C)CS2=O. The Morgan fingerprint density at radius 2 is 2.17 bits per heavy atom. The molecule has 0 saturated heterocycles. The van der Waals surface area contributed by atoms with Gasteiger partial charge in [-0.3, -0.25) is 9.00 Å². The van der Waals surface area contributed by atoms with E-state index < -0.39 is 10.8 Å². The fourth-order valence-electron chi connectivity index (χ4n) is 1.81. The number of nitrogens with one attached hydrogen (secondary N) is 1. The maximum atomic E-state index is 12.2. The van der Waals surface area contributed by atoms with Crippen LogP contribution in [0.4, 0.5) is 5.69 Å². The van der Waals surface area contributed by atoms with E-state index in [1.807, 2.05) is 13.8 Å². The molecule has 1 aromatic carbocycles. The van der Waals surface area contributed by atoms with Crippen molar-refractivity contribution in [3.63, 3.8) is 0 Å². The fraction of sp³-hybridized carbons (Fsp3) is 0.462. The third-order valence-electron chi connectivity index (χ3n) is 2.69. The summed E-state index contributed by atoms with van der Waals surface area (Å²) >= 11 is 0. The van der Waals surface area contributed by atoms with Crippen LogP contribution in [-0.4, -0.2) is 22.0 Å². The maximum Gasteiger partial charge on any atom is 0.228 e. The summed E-state index contributed by atoms with van der Waals surface area (Å²) in [5, 5.41) is 2.82. The number of fused-ring (bicyclic) bond motifs is 1. The largest absolute Gasteiger partial charge is 0.489 e. The van der Waals surface area contributed by atoms with Gasteiger partial charge < -0.3 is 10.1 Å². The minimum Gasteiger partial charge on any atom is -0.489 e. The second-order valence-electron chi connectivity index (χ2n) is 4.70. The Kier molecular flexibility index (Phi) is 3.71. The number of rotatable bonds is 2. The van der Waals surface area contributed by atoms with Crippen LogP contribution >= 0.6 is 0 Å². The van der Waals surface area contributed by atoms with Crippen molar-refractivity contribution in [1.82, 2.24) is 0 Å². The number of anilines is 1. The molecule has 1 amide bonds. The molecule has 18 heavy (non-hydrogen) atoms. The molecule has 1 aromatic rings. The number of carbonyl (C=O) groups is 1. The second kappa shape index (κ2) is 5.10. The van der Waals surface area contributed by atoms with E-state index in [1.165, 1.54) is 0 Å². The smallest absolute Gasteiger partial charge is 0.228 e. The van der Waals surface area contributed by atoms with Gasteiger partial charge in [0, 0.05) is 11.7 Å². The van der Waals surface area contributed by atoms with Gasteiger partial charge in [-0.15, -0.1) is 0 Å². The molecule has 5 heteroatoms. The highest BCUT2D eigenvalue weighted by Gasteiger charge is 2.26. The molecule has 98 valence electrons. The molecule has 0 radical (unpaired) electrons. The normalized spacial score (nSPS) is 23.2. The first-order valence-corrected chi connectivity index (χ1v) is 7.30. The van der Waals surface area contributed by atoms with Gasteiger partial charge in [0.15, 0.2) is 0 Å². The summed E-state index contributed by atoms with van der Waals surface area (Å²) in [4.78, 5) is 12.5. The van der Waals surface area contributed by atoms with Gasteiger partial charge in [-0.25, -0.2) is 0 Å².